The van der Waals surface area contributed by atoms with Crippen molar-refractivity contribution in [1.29, 1.82) is 0 Å². The van der Waals surface area contributed by atoms with Crippen molar-refractivity contribution in [1.82, 2.24) is 15.5 Å². The van der Waals surface area contributed by atoms with Crippen LogP contribution in [0.3, 0.4) is 0 Å². The number of aryl methyl sites for hydroxylation is 1. The van der Waals surface area contributed by atoms with Gasteiger partial charge in [0.1, 0.15) is 10.0 Å². The molecule has 19 heavy (non-hydrogen) atoms. The second kappa shape index (κ2) is 6.80. The Kier molecular flexibility index (Phi) is 5.34. The van der Waals surface area contributed by atoms with Crippen molar-refractivity contribution in [2.24, 2.45) is 5.92 Å². The summed E-state index contributed by atoms with van der Waals surface area (Å²) in [7, 11) is 0. The van der Waals surface area contributed by atoms with Crippen LogP contribution in [0.5, 0.6) is 0 Å². The van der Waals surface area contributed by atoms with E-state index in [2.05, 4.69) is 36.3 Å². The monoisotopic (exact) mass is 281 g/mol. The lowest BCUT2D eigenvalue weighted by atomic mass is 9.86. The molecule has 1 aliphatic rings. The Bertz CT molecular complexity index is 375. The van der Waals surface area contributed by atoms with Crippen molar-refractivity contribution in [3.8, 4) is 0 Å². The molecule has 0 saturated heterocycles. The summed E-state index contributed by atoms with van der Waals surface area (Å²) in [4.78, 5) is 0. The molecule has 1 saturated carbocycles. The molecule has 0 spiro atoms. The Morgan fingerprint density at radius 1 is 1.11 bits per heavy atom. The van der Waals surface area contributed by atoms with E-state index in [1.165, 1.54) is 43.5 Å². The van der Waals surface area contributed by atoms with Gasteiger partial charge in [-0.3, -0.25) is 0 Å². The maximum absolute atomic E-state index is 4.33. The lowest BCUT2D eigenvalue weighted by molar-refractivity contribution is 0.339. The van der Waals surface area contributed by atoms with E-state index in [0.717, 1.165) is 23.9 Å². The predicted molar refractivity (Wildman–Crippen MR) is 81.4 cm³/mol. The maximum Gasteiger partial charge on any atom is 0.131 e. The van der Waals surface area contributed by atoms with Gasteiger partial charge in [0, 0.05) is 12.0 Å². The van der Waals surface area contributed by atoms with Gasteiger partial charge in [0.15, 0.2) is 0 Å². The highest BCUT2D eigenvalue weighted by Crippen LogP contribution is 2.27. The molecule has 0 amide bonds. The van der Waals surface area contributed by atoms with Crippen LogP contribution in [0.2, 0.25) is 0 Å². The Balaban J connectivity index is 1.74. The summed E-state index contributed by atoms with van der Waals surface area (Å²) >= 11 is 1.78. The molecule has 108 valence electrons. The highest BCUT2D eigenvalue weighted by Gasteiger charge is 2.15. The molecule has 1 fully saturated rings. The number of hydrogen-bond donors (Lipinski definition) is 1. The highest BCUT2D eigenvalue weighted by atomic mass is 32.1. The van der Waals surface area contributed by atoms with Crippen LogP contribution in [0.4, 0.5) is 0 Å². The van der Waals surface area contributed by atoms with E-state index in [9.17, 15) is 0 Å². The van der Waals surface area contributed by atoms with Crippen LogP contribution < -0.4 is 5.32 Å². The predicted octanol–water partition coefficient (Wildman–Crippen LogP) is 3.94. The van der Waals surface area contributed by atoms with Crippen LogP contribution in [0.15, 0.2) is 0 Å². The fourth-order valence-electron chi connectivity index (χ4n) is 2.61. The molecule has 1 heterocycles. The third kappa shape index (κ3) is 5.57. The van der Waals surface area contributed by atoms with Crippen LogP contribution in [-0.4, -0.2) is 15.7 Å². The molecular formula is C15H27N3S. The van der Waals surface area contributed by atoms with E-state index >= 15 is 0 Å². The van der Waals surface area contributed by atoms with Crippen molar-refractivity contribution < 1.29 is 0 Å². The second-order valence-electron chi connectivity index (χ2n) is 6.74. The van der Waals surface area contributed by atoms with E-state index in [1.807, 2.05) is 0 Å². The minimum Gasteiger partial charge on any atom is -0.306 e. The van der Waals surface area contributed by atoms with Crippen molar-refractivity contribution in [2.45, 2.75) is 77.8 Å². The molecule has 0 aromatic carbocycles. The fourth-order valence-corrected chi connectivity index (χ4v) is 3.40. The van der Waals surface area contributed by atoms with Crippen LogP contribution in [0, 0.1) is 5.92 Å². The van der Waals surface area contributed by atoms with E-state index < -0.39 is 0 Å². The van der Waals surface area contributed by atoms with Gasteiger partial charge in [-0.25, -0.2) is 0 Å². The zero-order valence-corrected chi connectivity index (χ0v) is 13.4. The van der Waals surface area contributed by atoms with Gasteiger partial charge in [0.05, 0.1) is 6.54 Å². The minimum atomic E-state index is 0.147. The van der Waals surface area contributed by atoms with Gasteiger partial charge in [0.2, 0.25) is 0 Å². The minimum absolute atomic E-state index is 0.147. The Labute approximate surface area is 121 Å². The molecule has 1 aliphatic carbocycles. The van der Waals surface area contributed by atoms with Crippen LogP contribution in [0.1, 0.15) is 69.3 Å². The number of aromatic nitrogens is 2. The van der Waals surface area contributed by atoms with Gasteiger partial charge in [0.25, 0.3) is 0 Å². The first-order valence-corrected chi connectivity index (χ1v) is 8.41. The first-order chi connectivity index (χ1) is 9.03. The van der Waals surface area contributed by atoms with E-state index in [4.69, 9.17) is 0 Å². The summed E-state index contributed by atoms with van der Waals surface area (Å²) < 4.78 is 0. The molecule has 0 bridgehead atoms. The molecule has 2 rings (SSSR count). The van der Waals surface area contributed by atoms with Crippen molar-refractivity contribution in [3.63, 3.8) is 0 Å². The van der Waals surface area contributed by atoms with Gasteiger partial charge in [-0.2, -0.15) is 0 Å². The standard InChI is InChI=1S/C15H27N3S/c1-15(2,3)16-11-14-18-17-13(19-14)10-9-12-7-5-4-6-8-12/h12,16H,4-11H2,1-3H3. The molecular weight excluding hydrogens is 254 g/mol. The summed E-state index contributed by atoms with van der Waals surface area (Å²) in [6.07, 6.45) is 9.59. The van der Waals surface area contributed by atoms with Crippen LogP contribution >= 0.6 is 11.3 Å². The highest BCUT2D eigenvalue weighted by molar-refractivity contribution is 7.11. The van der Waals surface area contributed by atoms with Crippen LogP contribution in [-0.2, 0) is 13.0 Å². The summed E-state index contributed by atoms with van der Waals surface area (Å²) in [6, 6.07) is 0. The van der Waals surface area contributed by atoms with Gasteiger partial charge >= 0.3 is 0 Å². The average Bonchev–Trinajstić information content (AvgIpc) is 2.82. The molecule has 4 heteroatoms. The van der Waals surface area contributed by atoms with E-state index in [0.29, 0.717) is 0 Å². The fraction of sp³-hybridized carbons (Fsp3) is 0.867. The quantitative estimate of drug-likeness (QED) is 0.888. The molecule has 1 aromatic heterocycles. The maximum atomic E-state index is 4.33. The Hall–Kier alpha value is -0.480. The number of nitrogens with one attached hydrogen (secondary N) is 1. The molecule has 0 atom stereocenters. The lowest BCUT2D eigenvalue weighted by Crippen LogP contribution is -2.35. The molecule has 0 aliphatic heterocycles. The topological polar surface area (TPSA) is 37.8 Å². The number of hydrogen-bond acceptors (Lipinski definition) is 4. The number of nitrogens with zero attached hydrogens (tertiary/aromatic N) is 2. The zero-order chi connectivity index (χ0) is 13.7. The molecule has 0 radical (unpaired) electrons. The normalized spacial score (nSPS) is 17.8. The lowest BCUT2D eigenvalue weighted by Gasteiger charge is -2.20. The van der Waals surface area contributed by atoms with E-state index in [-0.39, 0.29) is 5.54 Å². The van der Waals surface area contributed by atoms with Crippen molar-refractivity contribution >= 4 is 11.3 Å². The van der Waals surface area contributed by atoms with Gasteiger partial charge in [-0.05, 0) is 33.1 Å². The Morgan fingerprint density at radius 2 is 1.79 bits per heavy atom. The second-order valence-corrected chi connectivity index (χ2v) is 7.88. The van der Waals surface area contributed by atoms with E-state index in [1.54, 1.807) is 11.3 Å². The zero-order valence-electron chi connectivity index (χ0n) is 12.5. The third-order valence-corrected chi connectivity index (χ3v) is 4.75. The van der Waals surface area contributed by atoms with Crippen LogP contribution in [0.25, 0.3) is 0 Å². The summed E-state index contributed by atoms with van der Waals surface area (Å²) in [5, 5.41) is 14.4. The SMILES string of the molecule is CC(C)(C)NCc1nnc(CCC2CCCCC2)s1. The largest absolute Gasteiger partial charge is 0.306 e. The number of rotatable bonds is 5. The average molecular weight is 281 g/mol. The van der Waals surface area contributed by atoms with Crippen molar-refractivity contribution in [2.75, 3.05) is 0 Å². The molecule has 1 N–H and O–H groups in total. The van der Waals surface area contributed by atoms with Gasteiger partial charge < -0.3 is 5.32 Å². The third-order valence-electron chi connectivity index (χ3n) is 3.77. The summed E-state index contributed by atoms with van der Waals surface area (Å²) in [5.74, 6) is 0.939. The summed E-state index contributed by atoms with van der Waals surface area (Å²) in [6.45, 7) is 7.37. The molecule has 0 unspecified atom stereocenters. The van der Waals surface area contributed by atoms with Gasteiger partial charge in [-0.15, -0.1) is 21.5 Å². The summed E-state index contributed by atoms with van der Waals surface area (Å²) in [5.41, 5.74) is 0.147. The first kappa shape index (κ1) is 14.9. The Morgan fingerprint density at radius 3 is 2.47 bits per heavy atom. The van der Waals surface area contributed by atoms with Gasteiger partial charge in [-0.1, -0.05) is 32.1 Å². The van der Waals surface area contributed by atoms with Crippen molar-refractivity contribution in [3.05, 3.63) is 10.0 Å². The molecule has 1 aromatic rings. The first-order valence-electron chi connectivity index (χ1n) is 7.59. The smallest absolute Gasteiger partial charge is 0.131 e. The molecule has 3 nitrogen and oxygen atoms in total.